The molecule has 3 heteroatoms. The topological polar surface area (TPSA) is 48.1 Å². The number of hydrogen-bond acceptors (Lipinski definition) is 3. The number of aryl methyl sites for hydroxylation is 2. The van der Waals surface area contributed by atoms with E-state index in [9.17, 15) is 0 Å². The van der Waals surface area contributed by atoms with Crippen molar-refractivity contribution in [3.8, 4) is 11.6 Å². The number of pyridine rings is 1. The van der Waals surface area contributed by atoms with Crippen molar-refractivity contribution in [3.05, 3.63) is 52.7 Å². The van der Waals surface area contributed by atoms with Gasteiger partial charge in [-0.05, 0) is 42.5 Å². The zero-order chi connectivity index (χ0) is 14.7. The van der Waals surface area contributed by atoms with Crippen LogP contribution in [0.1, 0.15) is 42.1 Å². The molecule has 1 aromatic carbocycles. The first kappa shape index (κ1) is 14.5. The van der Waals surface area contributed by atoms with E-state index >= 15 is 0 Å². The van der Waals surface area contributed by atoms with Gasteiger partial charge in [0.1, 0.15) is 5.75 Å². The van der Waals surface area contributed by atoms with Gasteiger partial charge in [-0.1, -0.05) is 32.0 Å². The maximum atomic E-state index is 5.98. The van der Waals surface area contributed by atoms with E-state index in [2.05, 4.69) is 44.0 Å². The van der Waals surface area contributed by atoms with Gasteiger partial charge in [-0.15, -0.1) is 0 Å². The maximum absolute atomic E-state index is 5.98. The Balaban J connectivity index is 2.34. The van der Waals surface area contributed by atoms with E-state index in [4.69, 9.17) is 10.5 Å². The average Bonchev–Trinajstić information content (AvgIpc) is 2.38. The van der Waals surface area contributed by atoms with Gasteiger partial charge in [0.25, 0.3) is 0 Å². The van der Waals surface area contributed by atoms with Gasteiger partial charge in [-0.2, -0.15) is 0 Å². The molecule has 2 aromatic rings. The van der Waals surface area contributed by atoms with Crippen LogP contribution in [0.4, 0.5) is 0 Å². The molecule has 1 aromatic heterocycles. The highest BCUT2D eigenvalue weighted by Crippen LogP contribution is 2.31. The molecule has 0 fully saturated rings. The van der Waals surface area contributed by atoms with Crippen molar-refractivity contribution in [2.75, 3.05) is 0 Å². The quantitative estimate of drug-likeness (QED) is 0.911. The third-order valence-electron chi connectivity index (χ3n) is 3.40. The van der Waals surface area contributed by atoms with Gasteiger partial charge >= 0.3 is 0 Å². The molecule has 0 saturated heterocycles. The first-order valence-electron chi connectivity index (χ1n) is 6.96. The van der Waals surface area contributed by atoms with Crippen LogP contribution >= 0.6 is 0 Å². The normalized spacial score (nSPS) is 10.9. The molecule has 106 valence electrons. The molecule has 3 nitrogen and oxygen atoms in total. The summed E-state index contributed by atoms with van der Waals surface area (Å²) in [6.45, 7) is 8.84. The lowest BCUT2D eigenvalue weighted by molar-refractivity contribution is 0.452. The molecule has 2 N–H and O–H groups in total. The Kier molecular flexibility index (Phi) is 4.40. The molecular formula is C17H22N2O. The van der Waals surface area contributed by atoms with Crippen LogP contribution in [0.25, 0.3) is 0 Å². The summed E-state index contributed by atoms with van der Waals surface area (Å²) in [6.07, 6.45) is 0. The summed E-state index contributed by atoms with van der Waals surface area (Å²) in [6, 6.07) is 10.1. The van der Waals surface area contributed by atoms with Crippen LogP contribution in [0.15, 0.2) is 30.3 Å². The standard InChI is InChI=1S/C17H22N2O/c1-11(2)15-7-5-12(3)9-16(15)20-17-8-6-14(10-18)13(4)19-17/h5-9,11H,10,18H2,1-4H3. The number of aromatic nitrogens is 1. The fourth-order valence-corrected chi connectivity index (χ4v) is 2.16. The van der Waals surface area contributed by atoms with Crippen LogP contribution in [-0.4, -0.2) is 4.98 Å². The molecule has 0 saturated carbocycles. The molecule has 0 atom stereocenters. The smallest absolute Gasteiger partial charge is 0.219 e. The fourth-order valence-electron chi connectivity index (χ4n) is 2.16. The summed E-state index contributed by atoms with van der Waals surface area (Å²) in [5.74, 6) is 1.91. The van der Waals surface area contributed by atoms with Crippen molar-refractivity contribution < 1.29 is 4.74 Å². The van der Waals surface area contributed by atoms with Crippen LogP contribution in [0.2, 0.25) is 0 Å². The van der Waals surface area contributed by atoms with Gasteiger partial charge in [0.2, 0.25) is 5.88 Å². The number of ether oxygens (including phenoxy) is 1. The van der Waals surface area contributed by atoms with E-state index in [1.165, 1.54) is 11.1 Å². The monoisotopic (exact) mass is 270 g/mol. The van der Waals surface area contributed by atoms with Gasteiger partial charge in [0.15, 0.2) is 0 Å². The third-order valence-corrected chi connectivity index (χ3v) is 3.40. The predicted octanol–water partition coefficient (Wildman–Crippen LogP) is 4.07. The lowest BCUT2D eigenvalue weighted by Crippen LogP contribution is -2.02. The van der Waals surface area contributed by atoms with Crippen molar-refractivity contribution >= 4 is 0 Å². The minimum atomic E-state index is 0.412. The van der Waals surface area contributed by atoms with Crippen LogP contribution in [0, 0.1) is 13.8 Å². The Morgan fingerprint density at radius 2 is 1.90 bits per heavy atom. The minimum absolute atomic E-state index is 0.412. The van der Waals surface area contributed by atoms with E-state index in [1.807, 2.05) is 19.1 Å². The van der Waals surface area contributed by atoms with E-state index < -0.39 is 0 Å². The molecule has 0 unspecified atom stereocenters. The molecule has 0 spiro atoms. The molecular weight excluding hydrogens is 248 g/mol. The van der Waals surface area contributed by atoms with E-state index in [1.54, 1.807) is 0 Å². The summed E-state index contributed by atoms with van der Waals surface area (Å²) >= 11 is 0. The highest BCUT2D eigenvalue weighted by atomic mass is 16.5. The predicted molar refractivity (Wildman–Crippen MR) is 82.2 cm³/mol. The van der Waals surface area contributed by atoms with Crippen LogP contribution in [0.5, 0.6) is 11.6 Å². The Bertz CT molecular complexity index is 606. The number of benzene rings is 1. The summed E-state index contributed by atoms with van der Waals surface area (Å²) in [4.78, 5) is 4.47. The largest absolute Gasteiger partial charge is 0.439 e. The van der Waals surface area contributed by atoms with Crippen molar-refractivity contribution in [2.45, 2.75) is 40.2 Å². The Labute approximate surface area is 120 Å². The van der Waals surface area contributed by atoms with Gasteiger partial charge in [-0.25, -0.2) is 4.98 Å². The SMILES string of the molecule is Cc1ccc(C(C)C)c(Oc2ccc(CN)c(C)n2)c1. The molecule has 0 bridgehead atoms. The van der Waals surface area contributed by atoms with Crippen molar-refractivity contribution in [2.24, 2.45) is 5.73 Å². The second-order valence-corrected chi connectivity index (χ2v) is 5.40. The van der Waals surface area contributed by atoms with Crippen molar-refractivity contribution in [1.82, 2.24) is 4.98 Å². The lowest BCUT2D eigenvalue weighted by Gasteiger charge is -2.14. The Hall–Kier alpha value is -1.87. The molecule has 0 amide bonds. The maximum Gasteiger partial charge on any atom is 0.219 e. The number of nitrogens with two attached hydrogens (primary N) is 1. The average molecular weight is 270 g/mol. The number of rotatable bonds is 4. The molecule has 0 aliphatic carbocycles. The molecule has 0 radical (unpaired) electrons. The zero-order valence-corrected chi connectivity index (χ0v) is 12.6. The van der Waals surface area contributed by atoms with Gasteiger partial charge in [-0.3, -0.25) is 0 Å². The minimum Gasteiger partial charge on any atom is -0.439 e. The van der Waals surface area contributed by atoms with Gasteiger partial charge in [0.05, 0.1) is 0 Å². The van der Waals surface area contributed by atoms with E-state index in [0.717, 1.165) is 17.0 Å². The van der Waals surface area contributed by atoms with Crippen molar-refractivity contribution in [3.63, 3.8) is 0 Å². The highest BCUT2D eigenvalue weighted by Gasteiger charge is 2.10. The second kappa shape index (κ2) is 6.06. The van der Waals surface area contributed by atoms with Crippen LogP contribution in [0.3, 0.4) is 0 Å². The summed E-state index contributed by atoms with van der Waals surface area (Å²) in [5, 5.41) is 0. The fraction of sp³-hybridized carbons (Fsp3) is 0.353. The van der Waals surface area contributed by atoms with Crippen molar-refractivity contribution in [1.29, 1.82) is 0 Å². The Morgan fingerprint density at radius 1 is 1.15 bits per heavy atom. The first-order chi connectivity index (χ1) is 9.51. The third kappa shape index (κ3) is 3.17. The first-order valence-corrected chi connectivity index (χ1v) is 6.96. The van der Waals surface area contributed by atoms with Crippen LogP contribution in [-0.2, 0) is 6.54 Å². The molecule has 0 aliphatic rings. The molecule has 20 heavy (non-hydrogen) atoms. The second-order valence-electron chi connectivity index (χ2n) is 5.40. The summed E-state index contributed by atoms with van der Waals surface area (Å²) in [7, 11) is 0. The highest BCUT2D eigenvalue weighted by molar-refractivity contribution is 5.41. The van der Waals surface area contributed by atoms with Crippen LogP contribution < -0.4 is 10.5 Å². The van der Waals surface area contributed by atoms with Gasteiger partial charge < -0.3 is 10.5 Å². The summed E-state index contributed by atoms with van der Waals surface area (Å²) < 4.78 is 5.98. The molecule has 2 rings (SSSR count). The van der Waals surface area contributed by atoms with E-state index in [0.29, 0.717) is 18.3 Å². The lowest BCUT2D eigenvalue weighted by atomic mass is 10.0. The zero-order valence-electron chi connectivity index (χ0n) is 12.6. The molecule has 0 aliphatic heterocycles. The molecule has 1 heterocycles. The van der Waals surface area contributed by atoms with Gasteiger partial charge in [0, 0.05) is 18.3 Å². The number of nitrogens with zero attached hydrogens (tertiary/aromatic N) is 1. The summed E-state index contributed by atoms with van der Waals surface area (Å²) in [5.41, 5.74) is 10.00. The Morgan fingerprint density at radius 3 is 2.50 bits per heavy atom. The number of hydrogen-bond donors (Lipinski definition) is 1. The van der Waals surface area contributed by atoms with E-state index in [-0.39, 0.29) is 0 Å².